The second-order valence-electron chi connectivity index (χ2n) is 7.38. The van der Waals surface area contributed by atoms with Gasteiger partial charge in [0.25, 0.3) is 0 Å². The summed E-state index contributed by atoms with van der Waals surface area (Å²) in [6.45, 7) is 3.92. The van der Waals surface area contributed by atoms with Crippen LogP contribution in [0.3, 0.4) is 0 Å². The van der Waals surface area contributed by atoms with E-state index in [1.807, 2.05) is 13.0 Å². The van der Waals surface area contributed by atoms with Crippen LogP contribution in [-0.4, -0.2) is 57.7 Å². The summed E-state index contributed by atoms with van der Waals surface area (Å²) in [4.78, 5) is 4.16. The lowest BCUT2D eigenvalue weighted by Gasteiger charge is -2.20. The van der Waals surface area contributed by atoms with E-state index in [1.165, 1.54) is 10.4 Å². The first kappa shape index (κ1) is 20.9. The van der Waals surface area contributed by atoms with E-state index in [2.05, 4.69) is 15.6 Å². The van der Waals surface area contributed by atoms with Crippen LogP contribution in [0.1, 0.15) is 37.8 Å². The second kappa shape index (κ2) is 9.09. The number of hydrogen-bond donors (Lipinski definition) is 2. The summed E-state index contributed by atoms with van der Waals surface area (Å²) >= 11 is 0. The fourth-order valence-corrected chi connectivity index (χ4v) is 4.65. The zero-order chi connectivity index (χ0) is 20.1. The highest BCUT2D eigenvalue weighted by atomic mass is 32.2. The third-order valence-electron chi connectivity index (χ3n) is 5.06. The van der Waals surface area contributed by atoms with Crippen LogP contribution in [0.4, 0.5) is 4.39 Å². The van der Waals surface area contributed by atoms with Crippen LogP contribution in [0, 0.1) is 11.7 Å². The lowest BCUT2D eigenvalue weighted by molar-refractivity contribution is 0.285. The molecule has 2 aliphatic rings. The van der Waals surface area contributed by atoms with E-state index < -0.39 is 10.0 Å². The number of halogens is 1. The lowest BCUT2D eigenvalue weighted by Crippen LogP contribution is -2.42. The number of sulfonamides is 1. The van der Waals surface area contributed by atoms with Gasteiger partial charge in [0.05, 0.1) is 18.4 Å². The minimum atomic E-state index is -3.09. The molecule has 9 heteroatoms. The van der Waals surface area contributed by atoms with E-state index in [-0.39, 0.29) is 23.4 Å². The molecule has 2 N–H and O–H groups in total. The molecule has 1 aliphatic heterocycles. The summed E-state index contributed by atoms with van der Waals surface area (Å²) in [5.41, 5.74) is 0.779. The van der Waals surface area contributed by atoms with E-state index in [0.29, 0.717) is 44.5 Å². The predicted molar refractivity (Wildman–Crippen MR) is 108 cm³/mol. The molecule has 0 amide bonds. The Bertz CT molecular complexity index is 811. The topological polar surface area (TPSA) is 83.0 Å². The molecule has 156 valence electrons. The van der Waals surface area contributed by atoms with Gasteiger partial charge in [0, 0.05) is 26.7 Å². The van der Waals surface area contributed by atoms with Crippen LogP contribution in [-0.2, 0) is 10.0 Å². The van der Waals surface area contributed by atoms with Gasteiger partial charge in [-0.05, 0) is 49.8 Å². The first-order valence-electron chi connectivity index (χ1n) is 9.76. The summed E-state index contributed by atoms with van der Waals surface area (Å²) in [7, 11) is -1.45. The van der Waals surface area contributed by atoms with Gasteiger partial charge in [0.15, 0.2) is 17.5 Å². The van der Waals surface area contributed by atoms with Crippen molar-refractivity contribution in [2.24, 2.45) is 10.9 Å². The van der Waals surface area contributed by atoms with Crippen molar-refractivity contribution in [2.75, 3.05) is 39.0 Å². The van der Waals surface area contributed by atoms with E-state index in [0.717, 1.165) is 18.4 Å². The highest BCUT2D eigenvalue weighted by Gasteiger charge is 2.27. The van der Waals surface area contributed by atoms with E-state index >= 15 is 0 Å². The van der Waals surface area contributed by atoms with Crippen molar-refractivity contribution in [1.29, 1.82) is 0 Å². The lowest BCUT2D eigenvalue weighted by atomic mass is 10.1. The Labute approximate surface area is 166 Å². The molecular weight excluding hydrogens is 383 g/mol. The number of nitrogens with one attached hydrogen (secondary N) is 2. The van der Waals surface area contributed by atoms with Crippen molar-refractivity contribution in [1.82, 2.24) is 14.9 Å². The molecule has 3 rings (SSSR count). The van der Waals surface area contributed by atoms with Gasteiger partial charge in [0.1, 0.15) is 0 Å². The molecule has 28 heavy (non-hydrogen) atoms. The van der Waals surface area contributed by atoms with Gasteiger partial charge in [-0.3, -0.25) is 4.99 Å². The van der Waals surface area contributed by atoms with Crippen LogP contribution in [0.25, 0.3) is 0 Å². The Balaban J connectivity index is 1.49. The third-order valence-corrected chi connectivity index (χ3v) is 7.02. The number of guanidine groups is 1. The Morgan fingerprint density at radius 3 is 2.82 bits per heavy atom. The van der Waals surface area contributed by atoms with Gasteiger partial charge in [-0.2, -0.15) is 0 Å². The number of ether oxygens (including phenoxy) is 1. The quantitative estimate of drug-likeness (QED) is 0.503. The number of benzene rings is 1. The first-order chi connectivity index (χ1) is 13.4. The molecule has 0 radical (unpaired) electrons. The van der Waals surface area contributed by atoms with Crippen LogP contribution in [0.2, 0.25) is 0 Å². The maximum absolute atomic E-state index is 14.3. The summed E-state index contributed by atoms with van der Waals surface area (Å²) < 4.78 is 45.0. The molecule has 0 aromatic heterocycles. The molecule has 0 spiro atoms. The summed E-state index contributed by atoms with van der Waals surface area (Å²) in [5.74, 6) is 1.26. The SMILES string of the molecule is CN=C(NCCN1CCCS1(=O)=O)NC(C)c1ccc(OCC2CC2)c(F)c1. The molecule has 7 nitrogen and oxygen atoms in total. The summed E-state index contributed by atoms with van der Waals surface area (Å²) in [6, 6.07) is 4.81. The largest absolute Gasteiger partial charge is 0.490 e. The van der Waals surface area contributed by atoms with Crippen LogP contribution >= 0.6 is 0 Å². The Hall–Kier alpha value is -1.87. The van der Waals surface area contributed by atoms with Crippen molar-refractivity contribution < 1.29 is 17.5 Å². The van der Waals surface area contributed by atoms with Crippen LogP contribution < -0.4 is 15.4 Å². The number of nitrogens with zero attached hydrogens (tertiary/aromatic N) is 2. The molecule has 0 bridgehead atoms. The molecule has 1 heterocycles. The summed E-state index contributed by atoms with van der Waals surface area (Å²) in [6.07, 6.45) is 3.01. The van der Waals surface area contributed by atoms with Crippen molar-refractivity contribution in [3.63, 3.8) is 0 Å². The smallest absolute Gasteiger partial charge is 0.214 e. The molecular formula is C19H29FN4O3S. The average Bonchev–Trinajstić information content (AvgIpc) is 3.43. The Kier molecular flexibility index (Phi) is 6.77. The normalized spacial score (nSPS) is 20.8. The van der Waals surface area contributed by atoms with E-state index in [1.54, 1.807) is 13.1 Å². The third kappa shape index (κ3) is 5.57. The molecule has 1 aromatic rings. The number of rotatable bonds is 8. The van der Waals surface area contributed by atoms with Gasteiger partial charge >= 0.3 is 0 Å². The van der Waals surface area contributed by atoms with Crippen LogP contribution in [0.5, 0.6) is 5.75 Å². The Morgan fingerprint density at radius 1 is 1.43 bits per heavy atom. The predicted octanol–water partition coefficient (Wildman–Crippen LogP) is 1.88. The van der Waals surface area contributed by atoms with Gasteiger partial charge in [-0.25, -0.2) is 17.1 Å². The summed E-state index contributed by atoms with van der Waals surface area (Å²) in [5, 5.41) is 6.31. The number of hydrogen-bond acceptors (Lipinski definition) is 4. The molecule has 1 atom stereocenters. The highest BCUT2D eigenvalue weighted by molar-refractivity contribution is 7.89. The fourth-order valence-electron chi connectivity index (χ4n) is 3.12. The maximum Gasteiger partial charge on any atom is 0.214 e. The molecule has 1 saturated carbocycles. The maximum atomic E-state index is 14.3. The number of aliphatic imine (C=N–C) groups is 1. The van der Waals surface area contributed by atoms with E-state index in [9.17, 15) is 12.8 Å². The van der Waals surface area contributed by atoms with E-state index in [4.69, 9.17) is 4.74 Å². The zero-order valence-corrected chi connectivity index (χ0v) is 17.3. The van der Waals surface area contributed by atoms with Gasteiger partial charge in [0.2, 0.25) is 10.0 Å². The highest BCUT2D eigenvalue weighted by Crippen LogP contribution is 2.30. The van der Waals surface area contributed by atoms with Gasteiger partial charge in [-0.15, -0.1) is 0 Å². The molecule has 1 aromatic carbocycles. The standard InChI is InChI=1S/C19H29FN4O3S/c1-14(16-6-7-18(17(20)12-16)27-13-15-4-5-15)23-19(21-2)22-8-10-24-9-3-11-28(24,25)26/h6-7,12,14-15H,3-5,8-11,13H2,1-2H3,(H2,21,22,23). The van der Waals surface area contributed by atoms with Crippen LogP contribution in [0.15, 0.2) is 23.2 Å². The van der Waals surface area contributed by atoms with Gasteiger partial charge < -0.3 is 15.4 Å². The Morgan fingerprint density at radius 2 is 2.21 bits per heavy atom. The zero-order valence-electron chi connectivity index (χ0n) is 16.4. The van der Waals surface area contributed by atoms with Gasteiger partial charge in [-0.1, -0.05) is 6.07 Å². The van der Waals surface area contributed by atoms with Crippen molar-refractivity contribution in [2.45, 2.75) is 32.2 Å². The molecule has 1 aliphatic carbocycles. The monoisotopic (exact) mass is 412 g/mol. The molecule has 2 fully saturated rings. The molecule has 1 unspecified atom stereocenters. The average molecular weight is 413 g/mol. The van der Waals surface area contributed by atoms with Crippen molar-refractivity contribution >= 4 is 16.0 Å². The fraction of sp³-hybridized carbons (Fsp3) is 0.632. The van der Waals surface area contributed by atoms with Crippen molar-refractivity contribution in [3.05, 3.63) is 29.6 Å². The van der Waals surface area contributed by atoms with Crippen molar-refractivity contribution in [3.8, 4) is 5.75 Å². The second-order valence-corrected chi connectivity index (χ2v) is 9.47. The minimum absolute atomic E-state index is 0.172. The first-order valence-corrected chi connectivity index (χ1v) is 11.4. The minimum Gasteiger partial charge on any atom is -0.490 e. The molecule has 1 saturated heterocycles.